The number of morpholine rings is 1. The number of nitrogens with one attached hydrogen (secondary N) is 1. The molecule has 0 aromatic heterocycles. The first kappa shape index (κ1) is 16.1. The number of para-hydroxylation sites is 1. The van der Waals surface area contributed by atoms with Crippen molar-refractivity contribution in [2.45, 2.75) is 19.1 Å². The van der Waals surface area contributed by atoms with Crippen molar-refractivity contribution in [2.24, 2.45) is 0 Å². The highest BCUT2D eigenvalue weighted by Crippen LogP contribution is 2.39. The molecule has 2 rings (SSSR count). The topological polar surface area (TPSA) is 43.0 Å². The lowest BCUT2D eigenvalue weighted by atomic mass is 9.97. The largest absolute Gasteiger partial charge is 0.493 e. The van der Waals surface area contributed by atoms with Gasteiger partial charge in [0.05, 0.1) is 33.0 Å². The Labute approximate surface area is 127 Å². The van der Waals surface area contributed by atoms with Crippen LogP contribution >= 0.6 is 0 Å². The van der Waals surface area contributed by atoms with E-state index in [1.807, 2.05) is 12.1 Å². The molecule has 0 bridgehead atoms. The lowest BCUT2D eigenvalue weighted by molar-refractivity contribution is -0.0617. The van der Waals surface area contributed by atoms with Crippen molar-refractivity contribution in [3.63, 3.8) is 0 Å². The van der Waals surface area contributed by atoms with Crippen molar-refractivity contribution in [3.8, 4) is 11.5 Å². The van der Waals surface area contributed by atoms with Gasteiger partial charge >= 0.3 is 0 Å². The van der Waals surface area contributed by atoms with Gasteiger partial charge in [-0.05, 0) is 19.7 Å². The first-order valence-corrected chi connectivity index (χ1v) is 7.46. The third kappa shape index (κ3) is 3.48. The molecule has 0 radical (unpaired) electrons. The zero-order chi connectivity index (χ0) is 15.2. The Morgan fingerprint density at radius 2 is 2.14 bits per heavy atom. The minimum atomic E-state index is 0.102. The van der Waals surface area contributed by atoms with E-state index in [4.69, 9.17) is 14.2 Å². The van der Waals surface area contributed by atoms with Crippen LogP contribution in [0.1, 0.15) is 18.5 Å². The zero-order valence-electron chi connectivity index (χ0n) is 13.4. The number of rotatable bonds is 6. The average molecular weight is 294 g/mol. The summed E-state index contributed by atoms with van der Waals surface area (Å²) in [6.07, 6.45) is 0.102. The summed E-state index contributed by atoms with van der Waals surface area (Å²) in [6.45, 7) is 5.54. The minimum absolute atomic E-state index is 0.102. The van der Waals surface area contributed by atoms with E-state index >= 15 is 0 Å². The van der Waals surface area contributed by atoms with Crippen molar-refractivity contribution in [1.82, 2.24) is 10.2 Å². The van der Waals surface area contributed by atoms with Gasteiger partial charge in [0.15, 0.2) is 11.5 Å². The van der Waals surface area contributed by atoms with Crippen molar-refractivity contribution < 1.29 is 14.2 Å². The van der Waals surface area contributed by atoms with Crippen LogP contribution in [-0.4, -0.2) is 58.5 Å². The molecular formula is C16H26N2O3. The molecule has 1 N–H and O–H groups in total. The number of ether oxygens (including phenoxy) is 3. The van der Waals surface area contributed by atoms with E-state index in [1.54, 1.807) is 14.2 Å². The van der Waals surface area contributed by atoms with Gasteiger partial charge in [-0.15, -0.1) is 0 Å². The molecule has 1 heterocycles. The lowest BCUT2D eigenvalue weighted by Gasteiger charge is -2.40. The first-order chi connectivity index (χ1) is 10.2. The van der Waals surface area contributed by atoms with E-state index in [9.17, 15) is 0 Å². The van der Waals surface area contributed by atoms with Crippen LogP contribution in [0.15, 0.2) is 18.2 Å². The third-order valence-electron chi connectivity index (χ3n) is 3.95. The Balaban J connectivity index is 2.35. The van der Waals surface area contributed by atoms with Crippen LogP contribution in [0.5, 0.6) is 11.5 Å². The standard InChI is InChI=1S/C16H26N2O3/c1-5-17-11-14-15(18(2)9-10-21-14)12-7-6-8-13(19-3)16(12)20-4/h6-8,14-15,17H,5,9-11H2,1-4H3. The van der Waals surface area contributed by atoms with E-state index in [2.05, 4.69) is 30.3 Å². The molecule has 118 valence electrons. The molecule has 1 saturated heterocycles. The fraction of sp³-hybridized carbons (Fsp3) is 0.625. The minimum Gasteiger partial charge on any atom is -0.493 e. The summed E-state index contributed by atoms with van der Waals surface area (Å²) in [5.74, 6) is 1.56. The molecule has 5 nitrogen and oxygen atoms in total. The summed E-state index contributed by atoms with van der Waals surface area (Å²) in [6, 6.07) is 6.17. The van der Waals surface area contributed by atoms with Gasteiger partial charge in [-0.2, -0.15) is 0 Å². The van der Waals surface area contributed by atoms with Gasteiger partial charge in [-0.25, -0.2) is 0 Å². The quantitative estimate of drug-likeness (QED) is 0.865. The number of hydrogen-bond donors (Lipinski definition) is 1. The maximum Gasteiger partial charge on any atom is 0.165 e. The Kier molecular flexibility index (Phi) is 5.85. The van der Waals surface area contributed by atoms with E-state index in [1.165, 1.54) is 0 Å². The van der Waals surface area contributed by atoms with Crippen LogP contribution in [0.4, 0.5) is 0 Å². The molecule has 0 saturated carbocycles. The Morgan fingerprint density at radius 3 is 2.81 bits per heavy atom. The van der Waals surface area contributed by atoms with Gasteiger partial charge in [0, 0.05) is 18.7 Å². The van der Waals surface area contributed by atoms with E-state index in [0.717, 1.165) is 43.3 Å². The van der Waals surface area contributed by atoms with Crippen molar-refractivity contribution in [1.29, 1.82) is 0 Å². The maximum absolute atomic E-state index is 5.99. The van der Waals surface area contributed by atoms with Crippen LogP contribution in [0.25, 0.3) is 0 Å². The van der Waals surface area contributed by atoms with Crippen LogP contribution in [0, 0.1) is 0 Å². The molecule has 1 fully saturated rings. The molecule has 0 spiro atoms. The molecule has 0 amide bonds. The molecule has 1 aromatic rings. The highest BCUT2D eigenvalue weighted by molar-refractivity contribution is 5.48. The normalized spacial score (nSPS) is 23.0. The highest BCUT2D eigenvalue weighted by Gasteiger charge is 2.33. The van der Waals surface area contributed by atoms with E-state index < -0.39 is 0 Å². The molecule has 1 aromatic carbocycles. The summed E-state index contributed by atoms with van der Waals surface area (Å²) < 4.78 is 17.0. The summed E-state index contributed by atoms with van der Waals surface area (Å²) in [5.41, 5.74) is 1.11. The molecule has 0 aliphatic carbocycles. The van der Waals surface area contributed by atoms with Gasteiger partial charge in [-0.3, -0.25) is 4.90 Å². The molecule has 5 heteroatoms. The van der Waals surface area contributed by atoms with Crippen LogP contribution < -0.4 is 14.8 Å². The molecule has 2 atom stereocenters. The van der Waals surface area contributed by atoms with E-state index in [0.29, 0.717) is 0 Å². The predicted octanol–water partition coefficient (Wildman–Crippen LogP) is 1.68. The van der Waals surface area contributed by atoms with Gasteiger partial charge < -0.3 is 19.5 Å². The van der Waals surface area contributed by atoms with E-state index in [-0.39, 0.29) is 12.1 Å². The average Bonchev–Trinajstić information content (AvgIpc) is 2.52. The molecule has 21 heavy (non-hydrogen) atoms. The second kappa shape index (κ2) is 7.64. The monoisotopic (exact) mass is 294 g/mol. The SMILES string of the molecule is CCNCC1OCCN(C)C1c1cccc(OC)c1OC. The fourth-order valence-electron chi connectivity index (χ4n) is 2.90. The van der Waals surface area contributed by atoms with Gasteiger partial charge in [0.25, 0.3) is 0 Å². The number of methoxy groups -OCH3 is 2. The summed E-state index contributed by atoms with van der Waals surface area (Å²) in [5, 5.41) is 3.38. The number of benzene rings is 1. The molecule has 1 aliphatic heterocycles. The summed E-state index contributed by atoms with van der Waals surface area (Å²) in [4.78, 5) is 2.32. The maximum atomic E-state index is 5.99. The van der Waals surface area contributed by atoms with Crippen LogP contribution in [0.3, 0.4) is 0 Å². The highest BCUT2D eigenvalue weighted by atomic mass is 16.5. The Bertz CT molecular complexity index is 453. The second-order valence-corrected chi connectivity index (χ2v) is 5.23. The van der Waals surface area contributed by atoms with Crippen molar-refractivity contribution in [3.05, 3.63) is 23.8 Å². The summed E-state index contributed by atoms with van der Waals surface area (Å²) in [7, 11) is 5.48. The Hall–Kier alpha value is -1.30. The van der Waals surface area contributed by atoms with Crippen LogP contribution in [-0.2, 0) is 4.74 Å². The first-order valence-electron chi connectivity index (χ1n) is 7.46. The summed E-state index contributed by atoms with van der Waals surface area (Å²) >= 11 is 0. The number of hydrogen-bond acceptors (Lipinski definition) is 5. The van der Waals surface area contributed by atoms with Crippen molar-refractivity contribution >= 4 is 0 Å². The second-order valence-electron chi connectivity index (χ2n) is 5.23. The van der Waals surface area contributed by atoms with Crippen molar-refractivity contribution in [2.75, 3.05) is 47.5 Å². The smallest absolute Gasteiger partial charge is 0.165 e. The molecular weight excluding hydrogens is 268 g/mol. The van der Waals surface area contributed by atoms with Gasteiger partial charge in [0.2, 0.25) is 0 Å². The molecule has 2 unspecified atom stereocenters. The number of likely N-dealkylation sites (N-methyl/N-ethyl adjacent to an activating group) is 2. The van der Waals surface area contributed by atoms with Gasteiger partial charge in [-0.1, -0.05) is 19.1 Å². The number of nitrogens with zero attached hydrogens (tertiary/aromatic N) is 1. The zero-order valence-corrected chi connectivity index (χ0v) is 13.4. The van der Waals surface area contributed by atoms with Crippen LogP contribution in [0.2, 0.25) is 0 Å². The predicted molar refractivity (Wildman–Crippen MR) is 83.2 cm³/mol. The fourth-order valence-corrected chi connectivity index (χ4v) is 2.90. The Morgan fingerprint density at radius 1 is 1.33 bits per heavy atom. The third-order valence-corrected chi connectivity index (χ3v) is 3.95. The lowest BCUT2D eigenvalue weighted by Crippen LogP contribution is -2.47. The molecule has 1 aliphatic rings. The van der Waals surface area contributed by atoms with Gasteiger partial charge in [0.1, 0.15) is 0 Å².